The molecule has 0 spiro atoms. The van der Waals surface area contributed by atoms with Gasteiger partial charge in [-0.25, -0.2) is 4.39 Å². The molecule has 0 N–H and O–H groups in total. The van der Waals surface area contributed by atoms with Crippen LogP contribution in [0.3, 0.4) is 0 Å². The number of terminal acetylenes is 1. The number of hydrogen-bond acceptors (Lipinski definition) is 4. The Hall–Kier alpha value is -3.11. The Balaban J connectivity index is 2.16. The Bertz CT molecular complexity index is 1090. The predicted octanol–water partition coefficient (Wildman–Crippen LogP) is 3.23. The largest absolute Gasteiger partial charge is 0.497 e. The number of hydrogen-bond donors (Lipinski definition) is 0. The van der Waals surface area contributed by atoms with Crippen molar-refractivity contribution in [1.29, 1.82) is 0 Å². The first-order valence-electron chi connectivity index (χ1n) is 7.61. The van der Waals surface area contributed by atoms with Gasteiger partial charge in [0.2, 0.25) is 0 Å². The predicted molar refractivity (Wildman–Crippen MR) is 98.0 cm³/mol. The van der Waals surface area contributed by atoms with Gasteiger partial charge in [0, 0.05) is 6.07 Å². The zero-order valence-electron chi connectivity index (χ0n) is 14.2. The van der Waals surface area contributed by atoms with Gasteiger partial charge in [-0.1, -0.05) is 23.3 Å². The molecule has 0 bridgehead atoms. The van der Waals surface area contributed by atoms with Crippen LogP contribution in [0.5, 0.6) is 11.5 Å². The van der Waals surface area contributed by atoms with E-state index in [1.165, 1.54) is 36.2 Å². The molecular formula is C19H15FN2O3S. The summed E-state index contributed by atoms with van der Waals surface area (Å²) in [6, 6.07) is 9.53. The average molecular weight is 370 g/mol. The number of para-hydroxylation sites is 1. The lowest BCUT2D eigenvalue weighted by atomic mass is 10.2. The molecule has 132 valence electrons. The molecule has 0 saturated heterocycles. The van der Waals surface area contributed by atoms with E-state index >= 15 is 0 Å². The summed E-state index contributed by atoms with van der Waals surface area (Å²) in [5, 5.41) is 0. The summed E-state index contributed by atoms with van der Waals surface area (Å²) >= 11 is 1.20. The lowest BCUT2D eigenvalue weighted by Crippen LogP contribution is -2.17. The van der Waals surface area contributed by atoms with E-state index in [0.717, 1.165) is 0 Å². The first-order valence-corrected chi connectivity index (χ1v) is 8.43. The second kappa shape index (κ2) is 7.42. The molecule has 0 radical (unpaired) electrons. The number of carbonyl (C=O) groups excluding carboxylic acids is 1. The van der Waals surface area contributed by atoms with Gasteiger partial charge in [-0.3, -0.25) is 4.79 Å². The molecule has 3 aromatic rings. The Labute approximate surface area is 153 Å². The maximum atomic E-state index is 14.2. The lowest BCUT2D eigenvalue weighted by molar-refractivity contribution is 0.0995. The van der Waals surface area contributed by atoms with Crippen molar-refractivity contribution in [3.05, 3.63) is 52.6 Å². The Morgan fingerprint density at radius 3 is 2.81 bits per heavy atom. The third-order valence-electron chi connectivity index (χ3n) is 3.74. The number of ether oxygens (including phenoxy) is 2. The van der Waals surface area contributed by atoms with E-state index in [4.69, 9.17) is 15.9 Å². The van der Waals surface area contributed by atoms with Crippen LogP contribution in [0.4, 0.5) is 4.39 Å². The highest BCUT2D eigenvalue weighted by molar-refractivity contribution is 7.16. The third kappa shape index (κ3) is 3.19. The molecule has 1 heterocycles. The molecule has 0 atom stereocenters. The summed E-state index contributed by atoms with van der Waals surface area (Å²) < 4.78 is 26.8. The van der Waals surface area contributed by atoms with Crippen LogP contribution in [0.2, 0.25) is 0 Å². The zero-order chi connectivity index (χ0) is 18.7. The minimum Gasteiger partial charge on any atom is -0.497 e. The first-order chi connectivity index (χ1) is 12.6. The highest BCUT2D eigenvalue weighted by atomic mass is 32.1. The molecule has 5 nitrogen and oxygen atoms in total. The average Bonchev–Trinajstić information content (AvgIpc) is 2.99. The molecule has 1 aromatic heterocycles. The molecule has 0 aliphatic heterocycles. The summed E-state index contributed by atoms with van der Waals surface area (Å²) in [5.41, 5.74) is 0.613. The number of carbonyl (C=O) groups is 1. The molecule has 3 rings (SSSR count). The lowest BCUT2D eigenvalue weighted by Gasteiger charge is -2.07. The van der Waals surface area contributed by atoms with Crippen LogP contribution in [0.25, 0.3) is 10.2 Å². The van der Waals surface area contributed by atoms with Crippen molar-refractivity contribution in [2.24, 2.45) is 4.99 Å². The minimum absolute atomic E-state index is 0.104. The van der Waals surface area contributed by atoms with Crippen LogP contribution in [0.15, 0.2) is 41.4 Å². The molecule has 7 heteroatoms. The van der Waals surface area contributed by atoms with Gasteiger partial charge < -0.3 is 14.0 Å². The fourth-order valence-corrected chi connectivity index (χ4v) is 3.57. The Morgan fingerprint density at radius 2 is 2.12 bits per heavy atom. The summed E-state index contributed by atoms with van der Waals surface area (Å²) in [7, 11) is 2.98. The monoisotopic (exact) mass is 370 g/mol. The van der Waals surface area contributed by atoms with Crippen molar-refractivity contribution in [3.63, 3.8) is 0 Å². The van der Waals surface area contributed by atoms with Gasteiger partial charge >= 0.3 is 0 Å². The van der Waals surface area contributed by atoms with Crippen LogP contribution < -0.4 is 14.3 Å². The number of amides is 1. The highest BCUT2D eigenvalue weighted by Gasteiger charge is 2.15. The minimum atomic E-state index is -0.512. The SMILES string of the molecule is C#CCn1c(=NC(=O)c2ccc(OC)cc2OC)sc2cccc(F)c21. The van der Waals surface area contributed by atoms with Crippen LogP contribution in [-0.2, 0) is 6.54 Å². The number of fused-ring (bicyclic) bond motifs is 1. The van der Waals surface area contributed by atoms with E-state index in [0.29, 0.717) is 26.5 Å². The number of nitrogens with zero attached hydrogens (tertiary/aromatic N) is 2. The van der Waals surface area contributed by atoms with Crippen molar-refractivity contribution >= 4 is 27.5 Å². The second-order valence-electron chi connectivity index (χ2n) is 5.24. The van der Waals surface area contributed by atoms with Crippen molar-refractivity contribution in [3.8, 4) is 23.8 Å². The van der Waals surface area contributed by atoms with Crippen LogP contribution >= 0.6 is 11.3 Å². The quantitative estimate of drug-likeness (QED) is 0.663. The maximum absolute atomic E-state index is 14.2. The van der Waals surface area contributed by atoms with E-state index in [1.807, 2.05) is 0 Å². The normalized spacial score (nSPS) is 11.4. The van der Waals surface area contributed by atoms with Crippen molar-refractivity contribution in [2.75, 3.05) is 14.2 Å². The van der Waals surface area contributed by atoms with Crippen molar-refractivity contribution in [2.45, 2.75) is 6.54 Å². The first kappa shape index (κ1) is 17.7. The van der Waals surface area contributed by atoms with E-state index in [1.54, 1.807) is 30.3 Å². The van der Waals surface area contributed by atoms with Crippen molar-refractivity contribution in [1.82, 2.24) is 4.57 Å². The van der Waals surface area contributed by atoms with Crippen LogP contribution in [0, 0.1) is 18.2 Å². The molecular weight excluding hydrogens is 355 g/mol. The summed E-state index contributed by atoms with van der Waals surface area (Å²) in [5.74, 6) is 2.45. The number of benzene rings is 2. The smallest absolute Gasteiger partial charge is 0.283 e. The van der Waals surface area contributed by atoms with E-state index in [2.05, 4.69) is 10.9 Å². The second-order valence-corrected chi connectivity index (χ2v) is 6.25. The molecule has 26 heavy (non-hydrogen) atoms. The molecule has 0 fully saturated rings. The fourth-order valence-electron chi connectivity index (χ4n) is 2.53. The molecule has 0 aliphatic rings. The van der Waals surface area contributed by atoms with Gasteiger partial charge in [0.15, 0.2) is 4.80 Å². The molecule has 1 amide bonds. The Kier molecular flexibility index (Phi) is 5.05. The van der Waals surface area contributed by atoms with Crippen LogP contribution in [-0.4, -0.2) is 24.7 Å². The molecule has 0 unspecified atom stereocenters. The number of aromatic nitrogens is 1. The number of halogens is 1. The van der Waals surface area contributed by atoms with Gasteiger partial charge in [-0.2, -0.15) is 4.99 Å². The number of rotatable bonds is 4. The van der Waals surface area contributed by atoms with E-state index in [9.17, 15) is 9.18 Å². The molecule has 0 aliphatic carbocycles. The summed E-state index contributed by atoms with van der Waals surface area (Å²) in [6.45, 7) is 0.104. The third-order valence-corrected chi connectivity index (χ3v) is 4.78. The topological polar surface area (TPSA) is 52.8 Å². The van der Waals surface area contributed by atoms with Gasteiger partial charge in [0.1, 0.15) is 17.3 Å². The van der Waals surface area contributed by atoms with Gasteiger partial charge in [-0.15, -0.1) is 6.42 Å². The zero-order valence-corrected chi connectivity index (χ0v) is 15.0. The number of thiazole rings is 1. The molecule has 0 saturated carbocycles. The van der Waals surface area contributed by atoms with Gasteiger partial charge in [0.25, 0.3) is 5.91 Å². The van der Waals surface area contributed by atoms with E-state index in [-0.39, 0.29) is 12.1 Å². The molecule has 2 aromatic carbocycles. The van der Waals surface area contributed by atoms with Gasteiger partial charge in [0.05, 0.1) is 36.5 Å². The van der Waals surface area contributed by atoms with Crippen LogP contribution in [0.1, 0.15) is 10.4 Å². The van der Waals surface area contributed by atoms with Gasteiger partial charge in [-0.05, 0) is 24.3 Å². The Morgan fingerprint density at radius 1 is 1.31 bits per heavy atom. The summed E-state index contributed by atoms with van der Waals surface area (Å²) in [4.78, 5) is 17.1. The van der Waals surface area contributed by atoms with Crippen molar-refractivity contribution < 1.29 is 18.7 Å². The van der Waals surface area contributed by atoms with E-state index < -0.39 is 11.7 Å². The fraction of sp³-hybridized carbons (Fsp3) is 0.158. The maximum Gasteiger partial charge on any atom is 0.283 e. The highest BCUT2D eigenvalue weighted by Crippen LogP contribution is 2.25. The number of methoxy groups -OCH3 is 2. The summed E-state index contributed by atoms with van der Waals surface area (Å²) in [6.07, 6.45) is 5.40. The standard InChI is InChI=1S/C19H15FN2O3S/c1-4-10-22-17-14(20)6-5-7-16(17)26-19(22)21-18(23)13-9-8-12(24-2)11-15(13)25-3/h1,5-9,11H,10H2,2-3H3.